The normalized spacial score (nSPS) is 17.7. The highest BCUT2D eigenvalue weighted by Crippen LogP contribution is 2.24. The van der Waals surface area contributed by atoms with Crippen molar-refractivity contribution < 1.29 is 14.0 Å². The third-order valence-corrected chi connectivity index (χ3v) is 4.58. The molecule has 1 atom stereocenters. The van der Waals surface area contributed by atoms with Crippen LogP contribution in [0.3, 0.4) is 0 Å². The highest BCUT2D eigenvalue weighted by atomic mass is 16.5. The number of rotatable bonds is 7. The van der Waals surface area contributed by atoms with E-state index in [1.54, 1.807) is 27.5 Å². The predicted octanol–water partition coefficient (Wildman–Crippen LogP) is 1.63. The number of aromatic nitrogens is 1. The second kappa shape index (κ2) is 9.27. The van der Waals surface area contributed by atoms with E-state index < -0.39 is 0 Å². The molecule has 146 valence electrons. The lowest BCUT2D eigenvalue weighted by molar-refractivity contribution is 0.321. The van der Waals surface area contributed by atoms with Crippen LogP contribution in [0, 0.1) is 0 Å². The molecule has 1 aromatic heterocycles. The van der Waals surface area contributed by atoms with Crippen LogP contribution in [0.25, 0.3) is 0 Å². The molecule has 8 nitrogen and oxygen atoms in total. The van der Waals surface area contributed by atoms with Gasteiger partial charge in [-0.3, -0.25) is 9.89 Å². The number of nitrogens with one attached hydrogen (secondary N) is 2. The maximum absolute atomic E-state index is 5.36. The molecule has 1 saturated heterocycles. The molecule has 2 heterocycles. The number of methoxy groups -OCH3 is 2. The van der Waals surface area contributed by atoms with Gasteiger partial charge in [0.25, 0.3) is 0 Å². The van der Waals surface area contributed by atoms with E-state index in [1.165, 1.54) is 5.56 Å². The van der Waals surface area contributed by atoms with E-state index in [4.69, 9.17) is 14.0 Å². The molecule has 0 aliphatic carbocycles. The smallest absolute Gasteiger partial charge is 0.191 e. The van der Waals surface area contributed by atoms with Crippen LogP contribution in [0.2, 0.25) is 0 Å². The lowest BCUT2D eigenvalue weighted by Crippen LogP contribution is -2.44. The molecule has 0 spiro atoms. The van der Waals surface area contributed by atoms with Crippen molar-refractivity contribution in [2.24, 2.45) is 4.99 Å². The molecule has 1 aromatic carbocycles. The minimum absolute atomic E-state index is 0.348. The number of guanidine groups is 1. The van der Waals surface area contributed by atoms with E-state index in [0.29, 0.717) is 12.6 Å². The first kappa shape index (κ1) is 19.0. The average molecular weight is 373 g/mol. The van der Waals surface area contributed by atoms with Gasteiger partial charge in [-0.2, -0.15) is 0 Å². The second-order valence-corrected chi connectivity index (χ2v) is 6.50. The highest BCUT2D eigenvalue weighted by molar-refractivity contribution is 5.79. The van der Waals surface area contributed by atoms with Crippen LogP contribution in [0.15, 0.2) is 40.0 Å². The van der Waals surface area contributed by atoms with Gasteiger partial charge in [0, 0.05) is 44.9 Å². The Morgan fingerprint density at radius 3 is 2.70 bits per heavy atom. The quantitative estimate of drug-likeness (QED) is 0.564. The van der Waals surface area contributed by atoms with Gasteiger partial charge in [-0.05, 0) is 24.1 Å². The van der Waals surface area contributed by atoms with Gasteiger partial charge in [0.15, 0.2) is 5.96 Å². The molecule has 3 rings (SSSR count). The van der Waals surface area contributed by atoms with E-state index in [-0.39, 0.29) is 0 Å². The van der Waals surface area contributed by atoms with Gasteiger partial charge in [-0.15, -0.1) is 0 Å². The number of likely N-dealkylation sites (tertiary alicyclic amines) is 1. The van der Waals surface area contributed by atoms with Crippen molar-refractivity contribution >= 4 is 5.96 Å². The van der Waals surface area contributed by atoms with Gasteiger partial charge in [-0.25, -0.2) is 0 Å². The van der Waals surface area contributed by atoms with Crippen molar-refractivity contribution in [2.75, 3.05) is 34.4 Å². The van der Waals surface area contributed by atoms with Crippen LogP contribution in [0.1, 0.15) is 17.7 Å². The summed E-state index contributed by atoms with van der Waals surface area (Å²) in [5.41, 5.74) is 2.03. The standard InChI is InChI=1S/C19H27N5O3/c1-20-19(21-11-15-5-7-27-23-15)22-16-4-6-24(13-16)12-14-8-17(25-2)10-18(9-14)26-3/h5,7-10,16H,4,6,11-13H2,1-3H3,(H2,20,21,22). The molecule has 1 fully saturated rings. The Morgan fingerprint density at radius 1 is 1.30 bits per heavy atom. The van der Waals surface area contributed by atoms with E-state index >= 15 is 0 Å². The Bertz CT molecular complexity index is 726. The van der Waals surface area contributed by atoms with Crippen LogP contribution in [-0.2, 0) is 13.1 Å². The van der Waals surface area contributed by atoms with Crippen LogP contribution >= 0.6 is 0 Å². The first-order valence-corrected chi connectivity index (χ1v) is 9.01. The predicted molar refractivity (Wildman–Crippen MR) is 103 cm³/mol. The number of benzene rings is 1. The fourth-order valence-electron chi connectivity index (χ4n) is 3.20. The zero-order chi connectivity index (χ0) is 19.1. The minimum atomic E-state index is 0.348. The number of hydrogen-bond donors (Lipinski definition) is 2. The first-order valence-electron chi connectivity index (χ1n) is 9.01. The van der Waals surface area contributed by atoms with Crippen molar-refractivity contribution in [3.63, 3.8) is 0 Å². The Balaban J connectivity index is 1.50. The van der Waals surface area contributed by atoms with Gasteiger partial charge >= 0.3 is 0 Å². The fraction of sp³-hybridized carbons (Fsp3) is 0.474. The lowest BCUT2D eigenvalue weighted by Gasteiger charge is -2.19. The summed E-state index contributed by atoms with van der Waals surface area (Å²) in [5.74, 6) is 2.40. The number of ether oxygens (including phenoxy) is 2. The number of aliphatic imine (C=N–C) groups is 1. The summed E-state index contributed by atoms with van der Waals surface area (Å²) in [4.78, 5) is 6.70. The highest BCUT2D eigenvalue weighted by Gasteiger charge is 2.23. The Labute approximate surface area is 159 Å². The topological polar surface area (TPSA) is 84.2 Å². The maximum Gasteiger partial charge on any atom is 0.191 e. The largest absolute Gasteiger partial charge is 0.497 e. The minimum Gasteiger partial charge on any atom is -0.497 e. The fourth-order valence-corrected chi connectivity index (χ4v) is 3.20. The van der Waals surface area contributed by atoms with Crippen molar-refractivity contribution in [3.05, 3.63) is 41.8 Å². The zero-order valence-electron chi connectivity index (χ0n) is 16.1. The summed E-state index contributed by atoms with van der Waals surface area (Å²) >= 11 is 0. The maximum atomic E-state index is 5.36. The van der Waals surface area contributed by atoms with Crippen LogP contribution in [0.5, 0.6) is 11.5 Å². The van der Waals surface area contributed by atoms with E-state index in [0.717, 1.165) is 49.2 Å². The van der Waals surface area contributed by atoms with Gasteiger partial charge in [-0.1, -0.05) is 5.16 Å². The van der Waals surface area contributed by atoms with E-state index in [2.05, 4.69) is 37.8 Å². The molecule has 2 N–H and O–H groups in total. The molecule has 1 aliphatic heterocycles. The third kappa shape index (κ3) is 5.37. The Morgan fingerprint density at radius 2 is 2.07 bits per heavy atom. The summed E-state index contributed by atoms with van der Waals surface area (Å²) in [6.45, 7) is 3.41. The Hall–Kier alpha value is -2.74. The van der Waals surface area contributed by atoms with Crippen molar-refractivity contribution in [3.8, 4) is 11.5 Å². The number of nitrogens with zero attached hydrogens (tertiary/aromatic N) is 3. The van der Waals surface area contributed by atoms with Gasteiger partial charge in [0.05, 0.1) is 20.8 Å². The summed E-state index contributed by atoms with van der Waals surface area (Å²) < 4.78 is 15.6. The molecule has 0 bridgehead atoms. The first-order chi connectivity index (χ1) is 13.2. The third-order valence-electron chi connectivity index (χ3n) is 4.58. The molecule has 0 amide bonds. The van der Waals surface area contributed by atoms with E-state index in [9.17, 15) is 0 Å². The molecule has 2 aromatic rings. The summed E-state index contributed by atoms with van der Waals surface area (Å²) in [7, 11) is 5.12. The SMILES string of the molecule is CN=C(NCc1ccon1)NC1CCN(Cc2cc(OC)cc(OC)c2)C1. The van der Waals surface area contributed by atoms with Crippen molar-refractivity contribution in [2.45, 2.75) is 25.6 Å². The van der Waals surface area contributed by atoms with Gasteiger partial charge in [0.2, 0.25) is 0 Å². The summed E-state index contributed by atoms with van der Waals surface area (Å²) in [6.07, 6.45) is 2.63. The average Bonchev–Trinajstić information content (AvgIpc) is 3.36. The molecular weight excluding hydrogens is 346 g/mol. The summed E-state index contributed by atoms with van der Waals surface area (Å²) in [5, 5.41) is 10.6. The van der Waals surface area contributed by atoms with Crippen LogP contribution in [0.4, 0.5) is 0 Å². The van der Waals surface area contributed by atoms with E-state index in [1.807, 2.05) is 12.1 Å². The molecule has 0 saturated carbocycles. The lowest BCUT2D eigenvalue weighted by atomic mass is 10.2. The number of hydrogen-bond acceptors (Lipinski definition) is 6. The van der Waals surface area contributed by atoms with Gasteiger partial charge < -0.3 is 24.6 Å². The molecule has 8 heteroatoms. The molecule has 0 radical (unpaired) electrons. The molecular formula is C19H27N5O3. The van der Waals surface area contributed by atoms with Gasteiger partial charge in [0.1, 0.15) is 23.5 Å². The monoisotopic (exact) mass is 373 g/mol. The summed E-state index contributed by atoms with van der Waals surface area (Å²) in [6, 6.07) is 8.19. The van der Waals surface area contributed by atoms with Crippen LogP contribution < -0.4 is 20.1 Å². The zero-order valence-corrected chi connectivity index (χ0v) is 16.1. The molecule has 27 heavy (non-hydrogen) atoms. The van der Waals surface area contributed by atoms with Crippen molar-refractivity contribution in [1.82, 2.24) is 20.7 Å². The van der Waals surface area contributed by atoms with Crippen molar-refractivity contribution in [1.29, 1.82) is 0 Å². The molecule has 1 unspecified atom stereocenters. The Kier molecular flexibility index (Phi) is 6.54. The second-order valence-electron chi connectivity index (χ2n) is 6.50. The van der Waals surface area contributed by atoms with Crippen LogP contribution in [-0.4, -0.2) is 56.4 Å². The molecule has 1 aliphatic rings.